The summed E-state index contributed by atoms with van der Waals surface area (Å²) in [5.74, 6) is 1.13. The number of rotatable bonds is 5. The Kier molecular flexibility index (Phi) is 4.33. The fourth-order valence-corrected chi connectivity index (χ4v) is 3.23. The van der Waals surface area contributed by atoms with Crippen LogP contribution in [0.15, 0.2) is 16.6 Å². The van der Waals surface area contributed by atoms with Gasteiger partial charge in [0.1, 0.15) is 5.75 Å². The summed E-state index contributed by atoms with van der Waals surface area (Å²) >= 11 is 3.61. The minimum absolute atomic E-state index is 0.287. The zero-order chi connectivity index (χ0) is 13.2. The van der Waals surface area contributed by atoms with Gasteiger partial charge in [-0.2, -0.15) is 0 Å². The molecule has 100 valence electrons. The van der Waals surface area contributed by atoms with Crippen LogP contribution in [0.4, 0.5) is 0 Å². The van der Waals surface area contributed by atoms with E-state index in [1.807, 2.05) is 7.05 Å². The molecule has 3 heteroatoms. The monoisotopic (exact) mass is 311 g/mol. The number of benzene rings is 1. The predicted octanol–water partition coefficient (Wildman–Crippen LogP) is 3.56. The van der Waals surface area contributed by atoms with Crippen LogP contribution in [0, 0.1) is 5.41 Å². The molecule has 2 nitrogen and oxygen atoms in total. The summed E-state index contributed by atoms with van der Waals surface area (Å²) in [5, 5.41) is 3.31. The minimum Gasteiger partial charge on any atom is -0.493 e. The van der Waals surface area contributed by atoms with Crippen molar-refractivity contribution < 1.29 is 4.74 Å². The van der Waals surface area contributed by atoms with Crippen molar-refractivity contribution in [3.63, 3.8) is 0 Å². The number of halogens is 1. The summed E-state index contributed by atoms with van der Waals surface area (Å²) in [6.45, 7) is 6.46. The standard InChI is InChI=1S/C15H22BrNO/c1-4-15(2,10-17-3)9-12-8-13(16)7-11-5-6-18-14(11)12/h7-8,17H,4-6,9-10H2,1-3H3. The highest BCUT2D eigenvalue weighted by Gasteiger charge is 2.26. The van der Waals surface area contributed by atoms with Crippen molar-refractivity contribution in [1.29, 1.82) is 0 Å². The Labute approximate surface area is 118 Å². The maximum atomic E-state index is 5.81. The second-order valence-corrected chi connectivity index (χ2v) is 6.44. The van der Waals surface area contributed by atoms with Gasteiger partial charge in [0.15, 0.2) is 0 Å². The molecule has 0 saturated carbocycles. The van der Waals surface area contributed by atoms with E-state index in [-0.39, 0.29) is 5.41 Å². The number of hydrogen-bond donors (Lipinski definition) is 1. The summed E-state index contributed by atoms with van der Waals surface area (Å²) in [6, 6.07) is 4.40. The average molecular weight is 312 g/mol. The molecule has 1 unspecified atom stereocenters. The third-order valence-corrected chi connectivity index (χ3v) is 4.36. The first-order valence-electron chi connectivity index (χ1n) is 6.66. The summed E-state index contributed by atoms with van der Waals surface area (Å²) < 4.78 is 6.98. The van der Waals surface area contributed by atoms with Gasteiger partial charge in [0.25, 0.3) is 0 Å². The molecule has 1 N–H and O–H groups in total. The highest BCUT2D eigenvalue weighted by molar-refractivity contribution is 9.10. The van der Waals surface area contributed by atoms with Crippen LogP contribution in [0.3, 0.4) is 0 Å². The molecule has 1 aliphatic rings. The first-order chi connectivity index (χ1) is 8.58. The molecular formula is C15H22BrNO. The normalized spacial score (nSPS) is 17.1. The summed E-state index contributed by atoms with van der Waals surface area (Å²) in [6.07, 6.45) is 3.26. The Morgan fingerprint density at radius 2 is 2.22 bits per heavy atom. The zero-order valence-corrected chi connectivity index (χ0v) is 13.1. The lowest BCUT2D eigenvalue weighted by Crippen LogP contribution is -2.31. The van der Waals surface area contributed by atoms with E-state index >= 15 is 0 Å². The van der Waals surface area contributed by atoms with Crippen LogP contribution in [0.5, 0.6) is 5.75 Å². The van der Waals surface area contributed by atoms with E-state index in [0.29, 0.717) is 0 Å². The first kappa shape index (κ1) is 13.9. The highest BCUT2D eigenvalue weighted by atomic mass is 79.9. The zero-order valence-electron chi connectivity index (χ0n) is 11.5. The lowest BCUT2D eigenvalue weighted by Gasteiger charge is -2.29. The van der Waals surface area contributed by atoms with Gasteiger partial charge in [-0.05, 0) is 48.6 Å². The molecule has 0 bridgehead atoms. The maximum absolute atomic E-state index is 5.81. The molecule has 0 aliphatic carbocycles. The summed E-state index contributed by atoms with van der Waals surface area (Å²) in [5.41, 5.74) is 2.98. The van der Waals surface area contributed by atoms with Crippen molar-refractivity contribution in [2.75, 3.05) is 20.2 Å². The Morgan fingerprint density at radius 3 is 2.89 bits per heavy atom. The molecule has 0 amide bonds. The average Bonchev–Trinajstić information content (AvgIpc) is 2.77. The molecule has 18 heavy (non-hydrogen) atoms. The van der Waals surface area contributed by atoms with Crippen LogP contribution in [-0.2, 0) is 12.8 Å². The van der Waals surface area contributed by atoms with E-state index in [0.717, 1.165) is 38.2 Å². The summed E-state index contributed by atoms with van der Waals surface area (Å²) in [4.78, 5) is 0. The van der Waals surface area contributed by atoms with Crippen LogP contribution >= 0.6 is 15.9 Å². The lowest BCUT2D eigenvalue weighted by atomic mass is 9.80. The van der Waals surface area contributed by atoms with Crippen LogP contribution in [0.25, 0.3) is 0 Å². The van der Waals surface area contributed by atoms with Crippen LogP contribution < -0.4 is 10.1 Å². The van der Waals surface area contributed by atoms with Crippen molar-refractivity contribution in [1.82, 2.24) is 5.32 Å². The Bertz CT molecular complexity index is 433. The minimum atomic E-state index is 0.287. The fraction of sp³-hybridized carbons (Fsp3) is 0.600. The smallest absolute Gasteiger partial charge is 0.125 e. The van der Waals surface area contributed by atoms with Crippen LogP contribution in [-0.4, -0.2) is 20.2 Å². The van der Waals surface area contributed by atoms with E-state index < -0.39 is 0 Å². The van der Waals surface area contributed by atoms with E-state index in [1.165, 1.54) is 15.6 Å². The van der Waals surface area contributed by atoms with E-state index in [1.54, 1.807) is 0 Å². The molecule has 1 aliphatic heterocycles. The highest BCUT2D eigenvalue weighted by Crippen LogP contribution is 2.37. The lowest BCUT2D eigenvalue weighted by molar-refractivity contribution is 0.290. The van der Waals surface area contributed by atoms with Crippen molar-refractivity contribution in [3.8, 4) is 5.75 Å². The van der Waals surface area contributed by atoms with Gasteiger partial charge in [-0.1, -0.05) is 29.8 Å². The molecule has 1 heterocycles. The van der Waals surface area contributed by atoms with Gasteiger partial charge in [-0.15, -0.1) is 0 Å². The molecular weight excluding hydrogens is 290 g/mol. The first-order valence-corrected chi connectivity index (χ1v) is 7.46. The van der Waals surface area contributed by atoms with Gasteiger partial charge < -0.3 is 10.1 Å². The Morgan fingerprint density at radius 1 is 1.44 bits per heavy atom. The van der Waals surface area contributed by atoms with Gasteiger partial charge >= 0.3 is 0 Å². The fourth-order valence-electron chi connectivity index (χ4n) is 2.68. The molecule has 0 saturated heterocycles. The molecule has 1 aromatic carbocycles. The number of hydrogen-bond acceptors (Lipinski definition) is 2. The molecule has 1 atom stereocenters. The van der Waals surface area contributed by atoms with Gasteiger partial charge in [0, 0.05) is 17.4 Å². The number of nitrogens with one attached hydrogen (secondary N) is 1. The Balaban J connectivity index is 2.28. The Hall–Kier alpha value is -0.540. The molecule has 2 rings (SSSR count). The summed E-state index contributed by atoms with van der Waals surface area (Å²) in [7, 11) is 2.02. The predicted molar refractivity (Wildman–Crippen MR) is 79.4 cm³/mol. The van der Waals surface area contributed by atoms with E-state index in [4.69, 9.17) is 4.74 Å². The quantitative estimate of drug-likeness (QED) is 0.897. The van der Waals surface area contributed by atoms with Crippen molar-refractivity contribution in [3.05, 3.63) is 27.7 Å². The second-order valence-electron chi connectivity index (χ2n) is 5.52. The van der Waals surface area contributed by atoms with Gasteiger partial charge in [-0.25, -0.2) is 0 Å². The topological polar surface area (TPSA) is 21.3 Å². The molecule has 0 spiro atoms. The van der Waals surface area contributed by atoms with Crippen LogP contribution in [0.1, 0.15) is 31.4 Å². The number of fused-ring (bicyclic) bond motifs is 1. The van der Waals surface area contributed by atoms with Crippen molar-refractivity contribution in [2.45, 2.75) is 33.1 Å². The molecule has 0 radical (unpaired) electrons. The third-order valence-electron chi connectivity index (χ3n) is 3.90. The molecule has 0 aromatic heterocycles. The third kappa shape index (κ3) is 2.89. The van der Waals surface area contributed by atoms with Crippen molar-refractivity contribution >= 4 is 15.9 Å². The van der Waals surface area contributed by atoms with Gasteiger partial charge in [0.05, 0.1) is 6.61 Å². The second kappa shape index (κ2) is 5.62. The van der Waals surface area contributed by atoms with Gasteiger partial charge in [0.2, 0.25) is 0 Å². The van der Waals surface area contributed by atoms with Crippen LogP contribution in [0.2, 0.25) is 0 Å². The largest absolute Gasteiger partial charge is 0.493 e. The molecule has 1 aromatic rings. The number of ether oxygens (including phenoxy) is 1. The van der Waals surface area contributed by atoms with E-state index in [2.05, 4.69) is 47.2 Å². The van der Waals surface area contributed by atoms with Gasteiger partial charge in [-0.3, -0.25) is 0 Å². The SMILES string of the molecule is CCC(C)(CNC)Cc1cc(Br)cc2c1OCC2. The van der Waals surface area contributed by atoms with E-state index in [9.17, 15) is 0 Å². The molecule has 0 fully saturated rings. The maximum Gasteiger partial charge on any atom is 0.125 e. The van der Waals surface area contributed by atoms with Crippen molar-refractivity contribution in [2.24, 2.45) is 5.41 Å².